The molecule has 9 heteroatoms. The summed E-state index contributed by atoms with van der Waals surface area (Å²) < 4.78 is 37.8. The third-order valence-corrected chi connectivity index (χ3v) is 6.65. The molecule has 0 aliphatic rings. The fourth-order valence-corrected chi connectivity index (χ4v) is 4.52. The number of aryl methyl sites for hydroxylation is 1. The van der Waals surface area contributed by atoms with Gasteiger partial charge in [-0.15, -0.1) is 0 Å². The highest BCUT2D eigenvalue weighted by Crippen LogP contribution is 2.26. The Kier molecular flexibility index (Phi) is 7.34. The Morgan fingerprint density at radius 3 is 2.15 bits per heavy atom. The number of hydrogen-bond donors (Lipinski definition) is 1. The van der Waals surface area contributed by atoms with Crippen LogP contribution in [0.5, 0.6) is 5.75 Å². The summed E-state index contributed by atoms with van der Waals surface area (Å²) in [6.07, 6.45) is 0. The van der Waals surface area contributed by atoms with Crippen LogP contribution in [0.2, 0.25) is 0 Å². The van der Waals surface area contributed by atoms with Gasteiger partial charge < -0.3 is 14.8 Å². The van der Waals surface area contributed by atoms with Gasteiger partial charge >= 0.3 is 5.97 Å². The summed E-state index contributed by atoms with van der Waals surface area (Å²) in [6, 6.07) is 19.0. The summed E-state index contributed by atoms with van der Waals surface area (Å²) in [7, 11) is -1.33. The summed E-state index contributed by atoms with van der Waals surface area (Å²) in [5.74, 6) is -0.703. The molecule has 0 atom stereocenters. The second kappa shape index (κ2) is 10.2. The van der Waals surface area contributed by atoms with Crippen LogP contribution in [0.1, 0.15) is 15.9 Å². The van der Waals surface area contributed by atoms with Crippen LogP contribution in [-0.4, -0.2) is 41.1 Å². The van der Waals surface area contributed by atoms with Crippen molar-refractivity contribution >= 4 is 33.3 Å². The minimum Gasteiger partial charge on any atom is -0.497 e. The fraction of sp³-hybridized carbons (Fsp3) is 0.167. The third-order valence-electron chi connectivity index (χ3n) is 4.86. The van der Waals surface area contributed by atoms with E-state index in [1.807, 2.05) is 6.92 Å². The highest BCUT2D eigenvalue weighted by Gasteiger charge is 2.28. The Morgan fingerprint density at radius 1 is 0.909 bits per heavy atom. The average Bonchev–Trinajstić information content (AvgIpc) is 2.82. The second-order valence-corrected chi connectivity index (χ2v) is 8.97. The predicted molar refractivity (Wildman–Crippen MR) is 125 cm³/mol. The first kappa shape index (κ1) is 23.8. The molecular weight excluding hydrogens is 444 g/mol. The van der Waals surface area contributed by atoms with E-state index in [9.17, 15) is 18.0 Å². The van der Waals surface area contributed by atoms with E-state index >= 15 is 0 Å². The van der Waals surface area contributed by atoms with Gasteiger partial charge in [-0.1, -0.05) is 29.8 Å². The first-order valence-electron chi connectivity index (χ1n) is 9.97. The van der Waals surface area contributed by atoms with E-state index in [1.54, 1.807) is 48.5 Å². The SMILES string of the molecule is COC(=O)c1ccccc1NC(=O)CN(c1ccc(OC)cc1)S(=O)(=O)c1ccc(C)cc1. The largest absolute Gasteiger partial charge is 0.497 e. The number of methoxy groups -OCH3 is 2. The van der Waals surface area contributed by atoms with Crippen molar-refractivity contribution in [1.82, 2.24) is 0 Å². The predicted octanol–water partition coefficient (Wildman–Crippen LogP) is 3.62. The maximum Gasteiger partial charge on any atom is 0.339 e. The maximum absolute atomic E-state index is 13.4. The lowest BCUT2D eigenvalue weighted by Gasteiger charge is -2.24. The molecule has 0 spiro atoms. The number of rotatable bonds is 8. The van der Waals surface area contributed by atoms with Crippen LogP contribution >= 0.6 is 0 Å². The molecule has 0 aromatic heterocycles. The van der Waals surface area contributed by atoms with Crippen LogP contribution < -0.4 is 14.4 Å². The standard InChI is InChI=1S/C24H24N2O6S/c1-17-8-14-20(15-9-17)33(29,30)26(18-10-12-19(31-2)13-11-18)16-23(27)25-22-7-5-4-6-21(22)24(28)32-3/h4-15H,16H2,1-3H3,(H,25,27). The van der Waals surface area contributed by atoms with Crippen molar-refractivity contribution in [3.05, 3.63) is 83.9 Å². The molecule has 8 nitrogen and oxygen atoms in total. The van der Waals surface area contributed by atoms with Gasteiger partial charge in [0.25, 0.3) is 10.0 Å². The van der Waals surface area contributed by atoms with Crippen LogP contribution in [0.4, 0.5) is 11.4 Å². The third kappa shape index (κ3) is 5.50. The molecule has 0 aliphatic heterocycles. The van der Waals surface area contributed by atoms with E-state index in [4.69, 9.17) is 9.47 Å². The van der Waals surface area contributed by atoms with Gasteiger partial charge in [-0.25, -0.2) is 13.2 Å². The minimum atomic E-state index is -4.07. The van der Waals surface area contributed by atoms with Gasteiger partial charge in [0, 0.05) is 0 Å². The highest BCUT2D eigenvalue weighted by atomic mass is 32.2. The van der Waals surface area contributed by atoms with Gasteiger partial charge in [0.1, 0.15) is 12.3 Å². The Morgan fingerprint density at radius 2 is 1.55 bits per heavy atom. The second-order valence-electron chi connectivity index (χ2n) is 7.11. The molecule has 3 aromatic rings. The van der Waals surface area contributed by atoms with E-state index < -0.39 is 28.4 Å². The summed E-state index contributed by atoms with van der Waals surface area (Å²) in [5.41, 5.74) is 1.57. The molecule has 3 rings (SSSR count). The van der Waals surface area contributed by atoms with Crippen molar-refractivity contribution in [1.29, 1.82) is 0 Å². The Labute approximate surface area is 192 Å². The highest BCUT2D eigenvalue weighted by molar-refractivity contribution is 7.92. The molecule has 33 heavy (non-hydrogen) atoms. The number of ether oxygens (including phenoxy) is 2. The van der Waals surface area contributed by atoms with Gasteiger partial charge in [-0.2, -0.15) is 0 Å². The number of nitrogens with one attached hydrogen (secondary N) is 1. The molecule has 1 N–H and O–H groups in total. The maximum atomic E-state index is 13.4. The Balaban J connectivity index is 1.95. The number of benzene rings is 3. The summed E-state index contributed by atoms with van der Waals surface area (Å²) in [4.78, 5) is 25.0. The number of carbonyl (C=O) groups is 2. The van der Waals surface area contributed by atoms with Gasteiger partial charge in [-0.3, -0.25) is 9.10 Å². The molecule has 0 saturated carbocycles. The number of esters is 1. The number of anilines is 2. The number of nitrogens with zero attached hydrogens (tertiary/aromatic N) is 1. The van der Waals surface area contributed by atoms with E-state index in [-0.39, 0.29) is 21.8 Å². The molecule has 0 aliphatic carbocycles. The van der Waals surface area contributed by atoms with Gasteiger partial charge in [0.2, 0.25) is 5.91 Å². The van der Waals surface area contributed by atoms with Crippen molar-refractivity contribution in [3.8, 4) is 5.75 Å². The molecule has 0 heterocycles. The topological polar surface area (TPSA) is 102 Å². The quantitative estimate of drug-likeness (QED) is 0.507. The molecule has 0 saturated heterocycles. The lowest BCUT2D eigenvalue weighted by Crippen LogP contribution is -2.38. The van der Waals surface area contributed by atoms with Crippen LogP contribution in [0.3, 0.4) is 0 Å². The molecule has 0 fully saturated rings. The monoisotopic (exact) mass is 468 g/mol. The van der Waals surface area contributed by atoms with Crippen molar-refractivity contribution in [2.75, 3.05) is 30.4 Å². The number of carbonyl (C=O) groups excluding carboxylic acids is 2. The fourth-order valence-electron chi connectivity index (χ4n) is 3.10. The summed E-state index contributed by atoms with van der Waals surface area (Å²) >= 11 is 0. The van der Waals surface area contributed by atoms with Crippen LogP contribution in [-0.2, 0) is 19.6 Å². The number of hydrogen-bond acceptors (Lipinski definition) is 6. The molecule has 1 amide bonds. The first-order chi connectivity index (χ1) is 15.8. The van der Waals surface area contributed by atoms with Gasteiger partial charge in [0.15, 0.2) is 0 Å². The zero-order valence-corrected chi connectivity index (χ0v) is 19.3. The van der Waals surface area contributed by atoms with Crippen LogP contribution in [0.15, 0.2) is 77.7 Å². The molecule has 172 valence electrons. The Bertz CT molecular complexity index is 1240. The molecule has 0 unspecified atom stereocenters. The zero-order valence-electron chi connectivity index (χ0n) is 18.4. The van der Waals surface area contributed by atoms with E-state index in [0.717, 1.165) is 9.87 Å². The number of sulfonamides is 1. The smallest absolute Gasteiger partial charge is 0.339 e. The Hall–Kier alpha value is -3.85. The minimum absolute atomic E-state index is 0.0479. The van der Waals surface area contributed by atoms with Crippen molar-refractivity contribution < 1.29 is 27.5 Å². The van der Waals surface area contributed by atoms with Gasteiger partial charge in [0.05, 0.1) is 36.1 Å². The lowest BCUT2D eigenvalue weighted by atomic mass is 10.2. The van der Waals surface area contributed by atoms with Crippen molar-refractivity contribution in [3.63, 3.8) is 0 Å². The number of para-hydroxylation sites is 1. The summed E-state index contributed by atoms with van der Waals surface area (Å²) in [6.45, 7) is 1.34. The van der Waals surface area contributed by atoms with E-state index in [0.29, 0.717) is 5.75 Å². The van der Waals surface area contributed by atoms with Crippen LogP contribution in [0, 0.1) is 6.92 Å². The lowest BCUT2D eigenvalue weighted by molar-refractivity contribution is -0.114. The normalized spacial score (nSPS) is 10.9. The van der Waals surface area contributed by atoms with E-state index in [2.05, 4.69) is 5.32 Å². The molecule has 0 radical (unpaired) electrons. The van der Waals surface area contributed by atoms with Crippen molar-refractivity contribution in [2.24, 2.45) is 0 Å². The zero-order chi connectivity index (χ0) is 24.0. The molecule has 0 bridgehead atoms. The molecule has 3 aromatic carbocycles. The average molecular weight is 469 g/mol. The molecular formula is C24H24N2O6S. The number of amides is 1. The van der Waals surface area contributed by atoms with E-state index in [1.165, 1.54) is 38.5 Å². The van der Waals surface area contributed by atoms with Gasteiger partial charge in [-0.05, 0) is 55.5 Å². The first-order valence-corrected chi connectivity index (χ1v) is 11.4. The van der Waals surface area contributed by atoms with Crippen molar-refractivity contribution in [2.45, 2.75) is 11.8 Å². The summed E-state index contributed by atoms with van der Waals surface area (Å²) in [5, 5.41) is 2.61. The van der Waals surface area contributed by atoms with Crippen LogP contribution in [0.25, 0.3) is 0 Å².